The highest BCUT2D eigenvalue weighted by Gasteiger charge is 2.31. The highest BCUT2D eigenvalue weighted by atomic mass is 19.4. The summed E-state index contributed by atoms with van der Waals surface area (Å²) in [6.45, 7) is 9.85. The summed E-state index contributed by atoms with van der Waals surface area (Å²) in [5.41, 5.74) is 1.94. The van der Waals surface area contributed by atoms with E-state index in [0.29, 0.717) is 30.0 Å². The molecule has 5 heteroatoms. The largest absolute Gasteiger partial charge is 0.493 e. The first-order chi connectivity index (χ1) is 11.4. The monoisotopic (exact) mass is 335 g/mol. The zero-order valence-corrected chi connectivity index (χ0v) is 13.5. The summed E-state index contributed by atoms with van der Waals surface area (Å²) in [6, 6.07) is 3.53. The van der Waals surface area contributed by atoms with E-state index in [1.165, 1.54) is 6.07 Å². The Morgan fingerprint density at radius 2 is 2.00 bits per heavy atom. The molecule has 1 heterocycles. The van der Waals surface area contributed by atoms with Gasteiger partial charge in [0.1, 0.15) is 5.75 Å². The molecule has 0 unspecified atom stereocenters. The van der Waals surface area contributed by atoms with E-state index in [4.69, 9.17) is 4.74 Å². The molecule has 0 aromatic heterocycles. The predicted molar refractivity (Wildman–Crippen MR) is 90.4 cm³/mol. The Labute approximate surface area is 140 Å². The Bertz CT molecular complexity index is 699. The first-order valence-electron chi connectivity index (χ1n) is 7.70. The summed E-state index contributed by atoms with van der Waals surface area (Å²) < 4.78 is 44.8. The van der Waals surface area contributed by atoms with Gasteiger partial charge < -0.3 is 10.1 Å². The van der Waals surface area contributed by atoms with Crippen LogP contribution in [0.3, 0.4) is 0 Å². The van der Waals surface area contributed by atoms with Crippen molar-refractivity contribution in [3.8, 4) is 5.75 Å². The first kappa shape index (κ1) is 17.9. The molecule has 2 rings (SSSR count). The smallest absolute Gasteiger partial charge is 0.416 e. The lowest BCUT2D eigenvalue weighted by Crippen LogP contribution is -2.17. The lowest BCUT2D eigenvalue weighted by Gasteiger charge is -2.22. The molecule has 1 aliphatic rings. The molecule has 0 aliphatic carbocycles. The molecule has 0 fully saturated rings. The van der Waals surface area contributed by atoms with E-state index in [1.807, 2.05) is 13.0 Å². The van der Waals surface area contributed by atoms with Gasteiger partial charge in [-0.05, 0) is 42.7 Å². The van der Waals surface area contributed by atoms with Gasteiger partial charge in [-0.3, -0.25) is 0 Å². The van der Waals surface area contributed by atoms with E-state index in [1.54, 1.807) is 12.2 Å². The van der Waals surface area contributed by atoms with E-state index < -0.39 is 11.7 Å². The molecule has 0 saturated carbocycles. The summed E-state index contributed by atoms with van der Waals surface area (Å²) in [5, 5.41) is 3.12. The summed E-state index contributed by atoms with van der Waals surface area (Å²) in [6.07, 6.45) is 2.10. The van der Waals surface area contributed by atoms with Gasteiger partial charge in [-0.2, -0.15) is 13.2 Å². The average Bonchev–Trinajstić information content (AvgIpc) is 2.58. The third-order valence-corrected chi connectivity index (χ3v) is 3.65. The van der Waals surface area contributed by atoms with E-state index in [9.17, 15) is 13.2 Å². The molecule has 1 N–H and O–H groups in total. The number of ether oxygens (including phenoxy) is 1. The molecule has 0 spiro atoms. The summed E-state index contributed by atoms with van der Waals surface area (Å²) in [7, 11) is 0. The fraction of sp³-hybridized carbons (Fsp3) is 0.263. The zero-order chi connectivity index (χ0) is 17.7. The number of benzene rings is 1. The molecular weight excluding hydrogens is 315 g/mol. The molecule has 1 aliphatic heterocycles. The number of rotatable bonds is 6. The van der Waals surface area contributed by atoms with Gasteiger partial charge in [0.15, 0.2) is 0 Å². The standard InChI is InChI=1S/C19H20F3NO/c1-4-11-24-18-10-8-14(19(20,21)22)12-15(18)17-9-7-13(5-2)16(6-3)23-17/h5-6,8-10,12,23H,2-4,7,11H2,1H3. The minimum Gasteiger partial charge on any atom is -0.493 e. The van der Waals surface area contributed by atoms with Crippen LogP contribution < -0.4 is 10.1 Å². The molecular formula is C19H20F3NO. The maximum atomic E-state index is 13.1. The number of allylic oxidation sites excluding steroid dienone is 4. The maximum Gasteiger partial charge on any atom is 0.416 e. The Morgan fingerprint density at radius 1 is 1.25 bits per heavy atom. The predicted octanol–water partition coefficient (Wildman–Crippen LogP) is 5.45. The number of hydrogen-bond acceptors (Lipinski definition) is 2. The minimum absolute atomic E-state index is 0.390. The van der Waals surface area contributed by atoms with E-state index in [0.717, 1.165) is 29.8 Å². The molecule has 1 aromatic carbocycles. The molecule has 0 saturated heterocycles. The third kappa shape index (κ3) is 3.91. The van der Waals surface area contributed by atoms with Gasteiger partial charge in [-0.25, -0.2) is 0 Å². The van der Waals surface area contributed by atoms with Crippen molar-refractivity contribution in [2.24, 2.45) is 0 Å². The van der Waals surface area contributed by atoms with Crippen LogP contribution in [0.2, 0.25) is 0 Å². The second-order valence-electron chi connectivity index (χ2n) is 5.35. The normalized spacial score (nSPS) is 14.8. The van der Waals surface area contributed by atoms with Gasteiger partial charge in [0.25, 0.3) is 0 Å². The fourth-order valence-corrected chi connectivity index (χ4v) is 2.41. The minimum atomic E-state index is -4.41. The van der Waals surface area contributed by atoms with Crippen LogP contribution in [-0.2, 0) is 6.18 Å². The third-order valence-electron chi connectivity index (χ3n) is 3.65. The van der Waals surface area contributed by atoms with Gasteiger partial charge >= 0.3 is 6.18 Å². The molecule has 24 heavy (non-hydrogen) atoms. The molecule has 1 aromatic rings. The van der Waals surface area contributed by atoms with Crippen molar-refractivity contribution < 1.29 is 17.9 Å². The topological polar surface area (TPSA) is 21.3 Å². The molecule has 0 radical (unpaired) electrons. The second kappa shape index (κ2) is 7.43. The van der Waals surface area contributed by atoms with Crippen molar-refractivity contribution in [3.63, 3.8) is 0 Å². The number of alkyl halides is 3. The fourth-order valence-electron chi connectivity index (χ4n) is 2.41. The maximum absolute atomic E-state index is 13.1. The summed E-state index contributed by atoms with van der Waals surface area (Å²) >= 11 is 0. The van der Waals surface area contributed by atoms with Crippen molar-refractivity contribution in [1.82, 2.24) is 5.32 Å². The molecule has 2 nitrogen and oxygen atoms in total. The van der Waals surface area contributed by atoms with E-state index in [2.05, 4.69) is 18.5 Å². The Kier molecular flexibility index (Phi) is 5.54. The lowest BCUT2D eigenvalue weighted by atomic mass is 9.99. The Balaban J connectivity index is 2.45. The van der Waals surface area contributed by atoms with Crippen molar-refractivity contribution in [2.75, 3.05) is 6.61 Å². The van der Waals surface area contributed by atoms with Crippen LogP contribution in [0.15, 0.2) is 60.9 Å². The van der Waals surface area contributed by atoms with Crippen LogP contribution in [0.4, 0.5) is 13.2 Å². The van der Waals surface area contributed by atoms with Gasteiger partial charge in [-0.1, -0.05) is 32.2 Å². The van der Waals surface area contributed by atoms with E-state index >= 15 is 0 Å². The van der Waals surface area contributed by atoms with Gasteiger partial charge in [0, 0.05) is 17.0 Å². The molecule has 0 amide bonds. The van der Waals surface area contributed by atoms with Gasteiger partial charge in [0.05, 0.1) is 12.2 Å². The number of nitrogens with one attached hydrogen (secondary N) is 1. The SMILES string of the molecule is C=CC1=C(C=C)NC(c2cc(C(F)(F)F)ccc2OCCC)=CC1. The highest BCUT2D eigenvalue weighted by Crippen LogP contribution is 2.36. The lowest BCUT2D eigenvalue weighted by molar-refractivity contribution is -0.137. The molecule has 128 valence electrons. The van der Waals surface area contributed by atoms with Crippen LogP contribution in [0.25, 0.3) is 5.70 Å². The van der Waals surface area contributed by atoms with Crippen molar-refractivity contribution in [2.45, 2.75) is 25.9 Å². The zero-order valence-electron chi connectivity index (χ0n) is 13.5. The van der Waals surface area contributed by atoms with Crippen LogP contribution >= 0.6 is 0 Å². The van der Waals surface area contributed by atoms with Crippen molar-refractivity contribution in [3.05, 3.63) is 72.0 Å². The van der Waals surface area contributed by atoms with Crippen LogP contribution in [0, 0.1) is 0 Å². The van der Waals surface area contributed by atoms with E-state index in [-0.39, 0.29) is 0 Å². The number of halogens is 3. The first-order valence-corrected chi connectivity index (χ1v) is 7.70. The quantitative estimate of drug-likeness (QED) is 0.746. The Hall–Kier alpha value is -2.43. The average molecular weight is 335 g/mol. The summed E-state index contributed by atoms with van der Waals surface area (Å²) in [5.74, 6) is 0.425. The summed E-state index contributed by atoms with van der Waals surface area (Å²) in [4.78, 5) is 0. The molecule has 0 atom stereocenters. The highest BCUT2D eigenvalue weighted by molar-refractivity contribution is 5.73. The van der Waals surface area contributed by atoms with Gasteiger partial charge in [-0.15, -0.1) is 0 Å². The Morgan fingerprint density at radius 3 is 2.58 bits per heavy atom. The van der Waals surface area contributed by atoms with Crippen LogP contribution in [-0.4, -0.2) is 6.61 Å². The van der Waals surface area contributed by atoms with Crippen molar-refractivity contribution >= 4 is 5.70 Å². The van der Waals surface area contributed by atoms with Gasteiger partial charge in [0.2, 0.25) is 0 Å². The molecule has 0 bridgehead atoms. The van der Waals surface area contributed by atoms with Crippen LogP contribution in [0.1, 0.15) is 30.9 Å². The number of dihydropyridines is 1. The van der Waals surface area contributed by atoms with Crippen molar-refractivity contribution in [1.29, 1.82) is 0 Å². The number of hydrogen-bond donors (Lipinski definition) is 1. The van der Waals surface area contributed by atoms with Crippen LogP contribution in [0.5, 0.6) is 5.75 Å². The second-order valence-corrected chi connectivity index (χ2v) is 5.35.